The number of carbonyl (C=O) groups is 4. The van der Waals surface area contributed by atoms with Crippen molar-refractivity contribution in [2.24, 2.45) is 0 Å². The maximum Gasteiger partial charge on any atom is 0.411 e. The van der Waals surface area contributed by atoms with E-state index in [0.717, 1.165) is 17.5 Å². The number of hydrogen-bond acceptors (Lipinski definition) is 6. The molecule has 37 heavy (non-hydrogen) atoms. The molecule has 0 radical (unpaired) electrons. The molecule has 0 saturated heterocycles. The highest BCUT2D eigenvalue weighted by atomic mass is 16.4. The fraction of sp³-hybridized carbons (Fsp3) is 0.407. The Bertz CT molecular complexity index is 990. The van der Waals surface area contributed by atoms with Gasteiger partial charge in [0.05, 0.1) is 12.1 Å². The van der Waals surface area contributed by atoms with Crippen LogP contribution in [0.4, 0.5) is 9.59 Å². The van der Waals surface area contributed by atoms with Gasteiger partial charge in [-0.1, -0.05) is 67.1 Å². The molecule has 2 atom stereocenters. The van der Waals surface area contributed by atoms with Gasteiger partial charge in [-0.15, -0.1) is 0 Å². The third kappa shape index (κ3) is 10.8. The van der Waals surface area contributed by atoms with Gasteiger partial charge in [-0.05, 0) is 57.2 Å². The molecule has 0 aliphatic carbocycles. The first kappa shape index (κ1) is 29.5. The van der Waals surface area contributed by atoms with Crippen LogP contribution in [0.15, 0.2) is 60.7 Å². The van der Waals surface area contributed by atoms with E-state index in [-0.39, 0.29) is 0 Å². The van der Waals surface area contributed by atoms with Crippen LogP contribution in [0.5, 0.6) is 0 Å². The topological polar surface area (TPSA) is 157 Å². The van der Waals surface area contributed by atoms with E-state index in [1.807, 2.05) is 71.3 Å². The minimum absolute atomic E-state index is 0.496. The largest absolute Gasteiger partial charge is 0.465 e. The lowest BCUT2D eigenvalue weighted by Gasteiger charge is -2.38. The second-order valence-corrected chi connectivity index (χ2v) is 9.19. The van der Waals surface area contributed by atoms with Gasteiger partial charge >= 0.3 is 12.2 Å². The second kappa shape index (κ2) is 14.7. The predicted octanol–water partition coefficient (Wildman–Crippen LogP) is 2.93. The highest BCUT2D eigenvalue weighted by molar-refractivity contribution is 5.94. The molecule has 0 aromatic heterocycles. The van der Waals surface area contributed by atoms with Crippen LogP contribution in [0.25, 0.3) is 0 Å². The molecule has 0 fully saturated rings. The molecule has 0 aliphatic heterocycles. The highest BCUT2D eigenvalue weighted by Gasteiger charge is 2.34. The molecule has 0 saturated carbocycles. The molecule has 10 nitrogen and oxygen atoms in total. The average Bonchev–Trinajstić information content (AvgIpc) is 2.84. The standard InChI is InChI=1S/C27H36N4O6/c1-19(23(32)29-25(34)35)28-16-10-9-15-27(17-21-11-5-3-6-12-21,18-22-13-7-4-8-14-22)31-20(2)24(33)30-26(36)37/h3-8,11-14,19-20,28,31H,9-10,15-18H2,1-2H3,(H,29,32)(H,30,33)(H,34,35)(H,36,37)/t19-,20-/m0/s1. The number of hydrogen-bond donors (Lipinski definition) is 6. The van der Waals surface area contributed by atoms with Crippen molar-refractivity contribution in [3.63, 3.8) is 0 Å². The third-order valence-electron chi connectivity index (χ3n) is 6.07. The van der Waals surface area contributed by atoms with Crippen LogP contribution in [0, 0.1) is 0 Å². The number of carbonyl (C=O) groups excluding carboxylic acids is 2. The van der Waals surface area contributed by atoms with Crippen LogP contribution >= 0.6 is 0 Å². The molecule has 2 aromatic carbocycles. The Balaban J connectivity index is 2.19. The normalized spacial score (nSPS) is 12.8. The average molecular weight is 513 g/mol. The van der Waals surface area contributed by atoms with Gasteiger partial charge in [-0.3, -0.25) is 25.5 Å². The Hall–Kier alpha value is -3.76. The Morgan fingerprint density at radius 1 is 0.730 bits per heavy atom. The van der Waals surface area contributed by atoms with Crippen LogP contribution in [-0.4, -0.2) is 58.4 Å². The summed E-state index contributed by atoms with van der Waals surface area (Å²) in [6, 6.07) is 18.4. The Morgan fingerprint density at radius 3 is 1.65 bits per heavy atom. The van der Waals surface area contributed by atoms with Gasteiger partial charge in [0.2, 0.25) is 11.8 Å². The maximum absolute atomic E-state index is 12.5. The van der Waals surface area contributed by atoms with Gasteiger partial charge in [-0.25, -0.2) is 9.59 Å². The smallest absolute Gasteiger partial charge is 0.411 e. The molecule has 0 bridgehead atoms. The Morgan fingerprint density at radius 2 is 1.19 bits per heavy atom. The zero-order valence-electron chi connectivity index (χ0n) is 21.2. The number of carboxylic acid groups (broad SMARTS) is 2. The van der Waals surface area contributed by atoms with Crippen LogP contribution in [0.2, 0.25) is 0 Å². The van der Waals surface area contributed by atoms with Crippen LogP contribution in [0.1, 0.15) is 44.2 Å². The number of imide groups is 2. The molecule has 0 heterocycles. The minimum Gasteiger partial charge on any atom is -0.465 e. The Kier molecular flexibility index (Phi) is 11.7. The molecule has 6 N–H and O–H groups in total. The molecule has 0 aliphatic rings. The summed E-state index contributed by atoms with van der Waals surface area (Å²) in [6.45, 7) is 3.74. The molecule has 200 valence electrons. The predicted molar refractivity (Wildman–Crippen MR) is 139 cm³/mol. The molecule has 2 aromatic rings. The van der Waals surface area contributed by atoms with Crippen molar-refractivity contribution in [2.75, 3.05) is 6.54 Å². The summed E-state index contributed by atoms with van der Waals surface area (Å²) in [5.74, 6) is -1.24. The van der Waals surface area contributed by atoms with Crippen LogP contribution < -0.4 is 21.3 Å². The van der Waals surface area contributed by atoms with Crippen molar-refractivity contribution < 1.29 is 29.4 Å². The van der Waals surface area contributed by atoms with E-state index in [4.69, 9.17) is 10.2 Å². The first-order valence-electron chi connectivity index (χ1n) is 12.3. The van der Waals surface area contributed by atoms with Crippen LogP contribution in [0.3, 0.4) is 0 Å². The van der Waals surface area contributed by atoms with Gasteiger partial charge in [-0.2, -0.15) is 0 Å². The first-order chi connectivity index (χ1) is 17.6. The van der Waals surface area contributed by atoms with Gasteiger partial charge in [0, 0.05) is 5.54 Å². The lowest BCUT2D eigenvalue weighted by molar-refractivity contribution is -0.123. The van der Waals surface area contributed by atoms with Gasteiger partial charge in [0.25, 0.3) is 0 Å². The van der Waals surface area contributed by atoms with Crippen molar-refractivity contribution in [1.29, 1.82) is 0 Å². The van der Waals surface area contributed by atoms with E-state index in [1.165, 1.54) is 0 Å². The molecule has 0 spiro atoms. The monoisotopic (exact) mass is 512 g/mol. The lowest BCUT2D eigenvalue weighted by Crippen LogP contribution is -2.57. The lowest BCUT2D eigenvalue weighted by atomic mass is 9.80. The van der Waals surface area contributed by atoms with E-state index >= 15 is 0 Å². The maximum atomic E-state index is 12.5. The summed E-state index contributed by atoms with van der Waals surface area (Å²) < 4.78 is 0. The number of nitrogens with one attached hydrogen (secondary N) is 4. The third-order valence-corrected chi connectivity index (χ3v) is 6.07. The van der Waals surface area contributed by atoms with Crippen molar-refractivity contribution in [3.8, 4) is 0 Å². The summed E-state index contributed by atoms with van der Waals surface area (Å²) >= 11 is 0. The quantitative estimate of drug-likeness (QED) is 0.211. The zero-order chi connectivity index (χ0) is 27.3. The van der Waals surface area contributed by atoms with E-state index in [0.29, 0.717) is 32.2 Å². The fourth-order valence-electron chi connectivity index (χ4n) is 4.34. The molecule has 0 unspecified atom stereocenters. The number of benzene rings is 2. The first-order valence-corrected chi connectivity index (χ1v) is 12.3. The summed E-state index contributed by atoms with van der Waals surface area (Å²) in [7, 11) is 0. The van der Waals surface area contributed by atoms with E-state index in [1.54, 1.807) is 13.8 Å². The van der Waals surface area contributed by atoms with Crippen molar-refractivity contribution in [1.82, 2.24) is 21.3 Å². The van der Waals surface area contributed by atoms with Gasteiger partial charge in [0.15, 0.2) is 0 Å². The van der Waals surface area contributed by atoms with Crippen molar-refractivity contribution in [3.05, 3.63) is 71.8 Å². The van der Waals surface area contributed by atoms with Gasteiger partial charge < -0.3 is 15.5 Å². The van der Waals surface area contributed by atoms with Crippen molar-refractivity contribution >= 4 is 24.0 Å². The van der Waals surface area contributed by atoms with Crippen molar-refractivity contribution in [2.45, 2.75) is 63.6 Å². The van der Waals surface area contributed by atoms with E-state index in [9.17, 15) is 19.2 Å². The second-order valence-electron chi connectivity index (χ2n) is 9.19. The molecule has 2 rings (SSSR count). The van der Waals surface area contributed by atoms with Crippen LogP contribution in [-0.2, 0) is 22.4 Å². The molecular weight excluding hydrogens is 476 g/mol. The van der Waals surface area contributed by atoms with E-state index < -0.39 is 41.6 Å². The van der Waals surface area contributed by atoms with Gasteiger partial charge in [0.1, 0.15) is 0 Å². The summed E-state index contributed by atoms with van der Waals surface area (Å²) in [6.07, 6.45) is 0.531. The minimum atomic E-state index is -1.40. The fourth-order valence-corrected chi connectivity index (χ4v) is 4.34. The zero-order valence-corrected chi connectivity index (χ0v) is 21.2. The van der Waals surface area contributed by atoms with E-state index in [2.05, 4.69) is 10.6 Å². The number of rotatable bonds is 14. The molecule has 4 amide bonds. The number of amides is 4. The highest BCUT2D eigenvalue weighted by Crippen LogP contribution is 2.26. The summed E-state index contributed by atoms with van der Waals surface area (Å²) in [5, 5.41) is 28.0. The molecule has 10 heteroatoms. The summed E-state index contributed by atoms with van der Waals surface area (Å²) in [4.78, 5) is 46.0. The molecular formula is C27H36N4O6. The summed E-state index contributed by atoms with van der Waals surface area (Å²) in [5.41, 5.74) is 1.59. The SMILES string of the molecule is C[C@H](NCCCCC(Cc1ccccc1)(Cc1ccccc1)N[C@@H](C)C(=O)NC(=O)O)C(=O)NC(=O)O. The number of unbranched alkanes of at least 4 members (excludes halogenated alkanes) is 1. The Labute approximate surface area is 216 Å².